The number of nitrogens with zero attached hydrogens (tertiary/aromatic N) is 15. The molecule has 0 unspecified atom stereocenters. The van der Waals surface area contributed by atoms with E-state index in [9.17, 15) is 9.90 Å². The molecule has 6 aliphatic rings. The Balaban J connectivity index is 0.000000150. The zero-order valence-corrected chi connectivity index (χ0v) is 53.8. The number of aliphatic hydroxyl groups is 1. The van der Waals surface area contributed by atoms with E-state index in [4.69, 9.17) is 34.7 Å². The summed E-state index contributed by atoms with van der Waals surface area (Å²) in [6.45, 7) is 25.6. The average Bonchev–Trinajstić information content (AvgIpc) is 1.73. The minimum atomic E-state index is -0.166. The number of aliphatic hydroxyl groups excluding tert-OH is 1. The maximum Gasteiger partial charge on any atom is 1.00 e. The van der Waals surface area contributed by atoms with Crippen LogP contribution in [0.25, 0.3) is 20.6 Å². The summed E-state index contributed by atoms with van der Waals surface area (Å²) >= 11 is 0. The van der Waals surface area contributed by atoms with Gasteiger partial charge in [0.25, 0.3) is 0 Å². The summed E-state index contributed by atoms with van der Waals surface area (Å²) in [5, 5.41) is 33.0. The van der Waals surface area contributed by atoms with Crippen molar-refractivity contribution in [2.75, 3.05) is 16.0 Å². The van der Waals surface area contributed by atoms with E-state index in [1.807, 2.05) is 100 Å². The molecule has 3 aliphatic heterocycles. The van der Waals surface area contributed by atoms with Crippen LogP contribution in [-0.2, 0) is 63.3 Å². The number of hydrogen-bond acceptors (Lipinski definition) is 14. The van der Waals surface area contributed by atoms with Gasteiger partial charge in [-0.05, 0) is 109 Å². The molecule has 22 heteroatoms. The first-order chi connectivity index (χ1) is 43.8. The molecule has 9 heterocycles. The number of anilines is 6. The summed E-state index contributed by atoms with van der Waals surface area (Å²) in [5.41, 5.74) is 18.6. The zero-order valence-electron chi connectivity index (χ0n) is 52.8. The third-order valence-electron chi connectivity index (χ3n) is 18.5. The van der Waals surface area contributed by atoms with E-state index in [0.29, 0.717) is 34.9 Å². The van der Waals surface area contributed by atoms with Gasteiger partial charge in [0.2, 0.25) is 17.1 Å². The van der Waals surface area contributed by atoms with Crippen LogP contribution in [0, 0.1) is 19.7 Å². The summed E-state index contributed by atoms with van der Waals surface area (Å²) in [7, 11) is 5.63. The van der Waals surface area contributed by atoms with E-state index < -0.39 is 0 Å². The van der Waals surface area contributed by atoms with Crippen LogP contribution < -0.4 is 45.5 Å². The molecule has 92 heavy (non-hydrogen) atoms. The predicted molar refractivity (Wildman–Crippen MR) is 358 cm³/mol. The molecule has 4 N–H and O–H groups in total. The van der Waals surface area contributed by atoms with Crippen LogP contribution in [0.1, 0.15) is 114 Å². The van der Waals surface area contributed by atoms with Gasteiger partial charge in [-0.2, -0.15) is 15.3 Å². The first kappa shape index (κ1) is 63.6. The number of fused-ring (bicyclic) bond motifs is 3. The fourth-order valence-corrected chi connectivity index (χ4v) is 13.2. The van der Waals surface area contributed by atoms with Crippen molar-refractivity contribution in [1.29, 1.82) is 0 Å². The van der Waals surface area contributed by atoms with Gasteiger partial charge in [-0.3, -0.25) is 48.8 Å². The summed E-state index contributed by atoms with van der Waals surface area (Å²) in [6, 6.07) is 30.0. The molecule has 0 atom stereocenters. The molecule has 6 aromatic heterocycles. The van der Waals surface area contributed by atoms with Crippen molar-refractivity contribution in [2.45, 2.75) is 99.9 Å². The topological polar surface area (TPSA) is 216 Å². The van der Waals surface area contributed by atoms with Gasteiger partial charge in [-0.15, -0.1) is 0 Å². The molecule has 0 spiro atoms. The Hall–Kier alpha value is -9.95. The van der Waals surface area contributed by atoms with Crippen LogP contribution in [0.5, 0.6) is 0 Å². The normalized spacial score (nSPS) is 15.9. The maximum atomic E-state index is 11.8. The third kappa shape index (κ3) is 12.1. The van der Waals surface area contributed by atoms with Crippen molar-refractivity contribution in [3.63, 3.8) is 0 Å². The number of aryl methyl sites for hydroxylation is 3. The van der Waals surface area contributed by atoms with E-state index in [0.717, 1.165) is 161 Å². The SMILES string of the molecule is [B].[C-]#[N+]c1cnc2c(c1)N=C(C1(c3ccc(Nc4ccn(C)n4)c(C=C)c3)CCC1)C2.[C-]#[N+]c1cnc2c(c1)N=C(C1(c3ccc(Nc4ccn(C)n4)c(C=O)c3)CCC1)C2.[C-]#[N+]c1cnc2c(c1)N=C(C1(c3ccc(Nc4ccn(C)n4)c(CO)c3)CCC1)C2.[H-].[Na+]. The number of rotatable bonds is 15. The second-order valence-corrected chi connectivity index (χ2v) is 23.8. The van der Waals surface area contributed by atoms with Gasteiger partial charge in [-0.1, -0.05) is 56.2 Å². The Kier molecular flexibility index (Phi) is 18.3. The van der Waals surface area contributed by atoms with Gasteiger partial charge in [0.1, 0.15) is 0 Å². The van der Waals surface area contributed by atoms with Crippen molar-refractivity contribution in [2.24, 2.45) is 36.1 Å². The van der Waals surface area contributed by atoms with Crippen molar-refractivity contribution in [1.82, 2.24) is 44.3 Å². The molecule has 3 aliphatic carbocycles. The zero-order chi connectivity index (χ0) is 62.2. The molecule has 3 aromatic carbocycles. The van der Waals surface area contributed by atoms with Gasteiger partial charge in [0.15, 0.2) is 23.7 Å². The number of aromatic nitrogens is 9. The molecule has 3 radical (unpaired) electrons. The molecule has 0 saturated heterocycles. The van der Waals surface area contributed by atoms with Gasteiger partial charge in [-0.25, -0.2) is 14.5 Å². The second kappa shape index (κ2) is 26.5. The predicted octanol–water partition coefficient (Wildman–Crippen LogP) is 11.3. The van der Waals surface area contributed by atoms with Crippen LogP contribution in [0.3, 0.4) is 0 Å². The Morgan fingerprint density at radius 1 is 0.533 bits per heavy atom. The quantitative estimate of drug-likeness (QED) is 0.0430. The number of aliphatic imine (C=N–C) groups is 3. The molecule has 9 aromatic rings. The number of carbonyl (C=O) groups is 1. The number of benzene rings is 3. The van der Waals surface area contributed by atoms with Crippen LogP contribution in [0.4, 0.5) is 68.6 Å². The third-order valence-corrected chi connectivity index (χ3v) is 18.5. The van der Waals surface area contributed by atoms with Crippen LogP contribution >= 0.6 is 0 Å². The fourth-order valence-electron chi connectivity index (χ4n) is 13.2. The number of hydrogen-bond donors (Lipinski definition) is 4. The minimum Gasteiger partial charge on any atom is -1.00 e. The van der Waals surface area contributed by atoms with Gasteiger partial charge < -0.3 is 22.5 Å². The Bertz CT molecular complexity index is 4390. The van der Waals surface area contributed by atoms with Crippen molar-refractivity contribution >= 4 is 107 Å². The molecule has 20 nitrogen and oxygen atoms in total. The van der Waals surface area contributed by atoms with Gasteiger partial charge in [0, 0.05) is 160 Å². The van der Waals surface area contributed by atoms with Crippen LogP contribution in [-0.4, -0.2) is 81.2 Å². The van der Waals surface area contributed by atoms with Crippen LogP contribution in [0.15, 0.2) is 150 Å². The van der Waals surface area contributed by atoms with E-state index >= 15 is 0 Å². The van der Waals surface area contributed by atoms with Gasteiger partial charge in [0.05, 0.1) is 66.2 Å². The summed E-state index contributed by atoms with van der Waals surface area (Å²) in [5.74, 6) is 2.25. The summed E-state index contributed by atoms with van der Waals surface area (Å²) in [6.07, 6.45) is 25.2. The fraction of sp³-hybridized carbons (Fsp3) is 0.271. The molecule has 0 amide bonds. The maximum absolute atomic E-state index is 11.8. The van der Waals surface area contributed by atoms with Crippen LogP contribution in [0.2, 0.25) is 0 Å². The average molecular weight is 1220 g/mol. The molecular formula is C70H65BN18NaO2. The molecule has 0 bridgehead atoms. The molecule has 451 valence electrons. The molecule has 3 saturated carbocycles. The van der Waals surface area contributed by atoms with E-state index in [1.54, 1.807) is 32.6 Å². The summed E-state index contributed by atoms with van der Waals surface area (Å²) < 4.78 is 5.23. The van der Waals surface area contributed by atoms with E-state index in [2.05, 4.69) is 104 Å². The number of nitrogens with one attached hydrogen (secondary N) is 3. The first-order valence-corrected chi connectivity index (χ1v) is 30.1. The molecular weight excluding hydrogens is 1160 g/mol. The molecule has 3 fully saturated rings. The van der Waals surface area contributed by atoms with E-state index in [-0.39, 0.29) is 62.2 Å². The van der Waals surface area contributed by atoms with Crippen molar-refractivity contribution in [3.8, 4) is 0 Å². The Morgan fingerprint density at radius 2 is 0.880 bits per heavy atom. The molecule has 15 rings (SSSR count). The number of pyridine rings is 3. The number of carbonyl (C=O) groups excluding carboxylic acids is 1. The standard InChI is InChI=1S/C24H22N6.C23H22N6O.C23H20N6O.B.Na.H/c1-4-16-12-17(6-7-19(16)28-23-8-11-30(3)29-23)24(9-5-10-24)22-14-20-21(27-22)13-18(25-2)15-26-20;2*1-24-17-11-20-19(25-13-17)12-21(26-20)23(7-3-8-23)16-4-5-18(15(10-16)14-30)27-22-6-9-29(2)28-22;;;/h4,6-8,11-13,15H,1,5,9-10,14H2,3H3,(H,28,29);4-6,9-11,13,30H,3,7-8,12,14H2,2H3,(H,27,28);4-6,9-11,13-14H,3,7-8,12H2,2H3,(H,27,28);;;/q;;;;+1;-1. The minimum absolute atomic E-state index is 0. The number of aldehydes is 1. The van der Waals surface area contributed by atoms with E-state index in [1.165, 1.54) is 23.3 Å². The Labute approximate surface area is 559 Å². The monoisotopic (exact) mass is 1220 g/mol. The van der Waals surface area contributed by atoms with Crippen molar-refractivity contribution < 1.29 is 40.9 Å². The second-order valence-electron chi connectivity index (χ2n) is 23.8. The summed E-state index contributed by atoms with van der Waals surface area (Å²) in [4.78, 5) is 50.4. The van der Waals surface area contributed by atoms with Crippen molar-refractivity contribution in [3.05, 3.63) is 219 Å². The smallest absolute Gasteiger partial charge is 1.00 e. The Morgan fingerprint density at radius 3 is 1.20 bits per heavy atom. The first-order valence-electron chi connectivity index (χ1n) is 30.1. The van der Waals surface area contributed by atoms with Gasteiger partial charge >= 0.3 is 29.6 Å². The largest absolute Gasteiger partial charge is 1.00 e.